The molecule has 14 heteroatoms. The van der Waals surface area contributed by atoms with Crippen LogP contribution in [0.2, 0.25) is 0 Å². The minimum atomic E-state index is -3.44. The molecule has 222 valence electrons. The maximum atomic E-state index is 11.1. The minimum absolute atomic E-state index is 0.107. The Hall–Kier alpha value is -3.33. The number of hydrogen-bond donors (Lipinski definition) is 2. The molecular weight excluding hydrogens is 546 g/mol. The van der Waals surface area contributed by atoms with Gasteiger partial charge >= 0.3 is 0 Å². The van der Waals surface area contributed by atoms with Crippen LogP contribution in [0.15, 0.2) is 42.6 Å². The fourth-order valence-corrected chi connectivity index (χ4v) is 5.38. The molecule has 3 aromatic rings. The average Bonchev–Trinajstić information content (AvgIpc) is 3.43. The molecule has 13 nitrogen and oxygen atoms in total. The van der Waals surface area contributed by atoms with Crippen LogP contribution in [0.4, 0.5) is 17.6 Å². The van der Waals surface area contributed by atoms with E-state index in [-0.39, 0.29) is 6.61 Å². The molecule has 41 heavy (non-hydrogen) atoms. The van der Waals surface area contributed by atoms with Gasteiger partial charge in [0.15, 0.2) is 0 Å². The van der Waals surface area contributed by atoms with Crippen LogP contribution in [0.1, 0.15) is 30.5 Å². The van der Waals surface area contributed by atoms with E-state index in [1.807, 2.05) is 12.3 Å². The monoisotopic (exact) mass is 585 g/mol. The van der Waals surface area contributed by atoms with E-state index >= 15 is 0 Å². The number of piperidine rings is 1. The van der Waals surface area contributed by atoms with Crippen LogP contribution in [0, 0.1) is 0 Å². The van der Waals surface area contributed by atoms with E-state index in [1.54, 1.807) is 4.68 Å². The van der Waals surface area contributed by atoms with Crippen molar-refractivity contribution in [1.29, 1.82) is 0 Å². The molecule has 0 radical (unpaired) electrons. The lowest BCUT2D eigenvalue weighted by Crippen LogP contribution is -2.39. The van der Waals surface area contributed by atoms with Crippen molar-refractivity contribution in [2.45, 2.75) is 44.9 Å². The average molecular weight is 586 g/mol. The van der Waals surface area contributed by atoms with Crippen LogP contribution < -0.4 is 15.5 Å². The molecule has 4 heterocycles. The summed E-state index contributed by atoms with van der Waals surface area (Å²) in [5.41, 5.74) is 2.08. The molecule has 0 atom stereocenters. The van der Waals surface area contributed by atoms with E-state index in [4.69, 9.17) is 18.9 Å². The Balaban J connectivity index is 1.17. The van der Waals surface area contributed by atoms with Crippen LogP contribution in [-0.4, -0.2) is 96.6 Å². The van der Waals surface area contributed by atoms with Gasteiger partial charge in [0.05, 0.1) is 38.8 Å². The standard InChI is InChI=1S/C27H39N9O4S/c1-41(37,38)40-15-5-10-36-21-24(32-33-36)19-28-27-30-25(18-26(31-27)35-13-16-39-17-14-35)29-23-8-11-34(12-9-23)20-22-6-3-2-4-7-22/h2-4,6-7,18,21,23H,5,8-17,19-20H2,1H3,(H2,28,29,30,31). The quantitative estimate of drug-likeness (QED) is 0.224. The first kappa shape index (κ1) is 29.2. The van der Waals surface area contributed by atoms with Crippen LogP contribution in [0.3, 0.4) is 0 Å². The molecule has 5 rings (SSSR count). The van der Waals surface area contributed by atoms with Gasteiger partial charge in [-0.05, 0) is 24.8 Å². The van der Waals surface area contributed by atoms with Crippen LogP contribution >= 0.6 is 0 Å². The lowest BCUT2D eigenvalue weighted by Gasteiger charge is -2.33. The van der Waals surface area contributed by atoms with Gasteiger partial charge in [-0.3, -0.25) is 13.8 Å². The maximum Gasteiger partial charge on any atom is 0.264 e. The summed E-state index contributed by atoms with van der Waals surface area (Å²) in [6.45, 7) is 6.99. The van der Waals surface area contributed by atoms with Gasteiger partial charge in [0, 0.05) is 51.4 Å². The van der Waals surface area contributed by atoms with Crippen molar-refractivity contribution in [3.05, 3.63) is 53.9 Å². The third-order valence-electron chi connectivity index (χ3n) is 7.08. The summed E-state index contributed by atoms with van der Waals surface area (Å²) in [6, 6.07) is 13.0. The third kappa shape index (κ3) is 9.35. The van der Waals surface area contributed by atoms with Crippen molar-refractivity contribution in [2.24, 2.45) is 0 Å². The number of anilines is 3. The third-order valence-corrected chi connectivity index (χ3v) is 7.67. The second-order valence-corrected chi connectivity index (χ2v) is 12.1. The van der Waals surface area contributed by atoms with Gasteiger partial charge in [0.2, 0.25) is 5.95 Å². The number of aryl methyl sites for hydroxylation is 1. The lowest BCUT2D eigenvalue weighted by atomic mass is 10.0. The molecule has 0 amide bonds. The fraction of sp³-hybridized carbons (Fsp3) is 0.556. The molecule has 2 aliphatic rings. The second kappa shape index (κ2) is 14.0. The highest BCUT2D eigenvalue weighted by molar-refractivity contribution is 7.85. The number of benzene rings is 1. The maximum absolute atomic E-state index is 11.1. The van der Waals surface area contributed by atoms with Crippen molar-refractivity contribution in [3.63, 3.8) is 0 Å². The summed E-state index contributed by atoms with van der Waals surface area (Å²) in [5.74, 6) is 2.19. The first-order valence-corrected chi connectivity index (χ1v) is 15.9. The summed E-state index contributed by atoms with van der Waals surface area (Å²) in [4.78, 5) is 14.3. The molecule has 2 aliphatic heterocycles. The largest absolute Gasteiger partial charge is 0.378 e. The Bertz CT molecular complexity index is 1340. The van der Waals surface area contributed by atoms with E-state index in [2.05, 4.69) is 61.1 Å². The number of likely N-dealkylation sites (tertiary alicyclic amines) is 1. The first-order chi connectivity index (χ1) is 19.9. The fourth-order valence-electron chi connectivity index (χ4n) is 4.96. The number of aromatic nitrogens is 5. The molecule has 2 saturated heterocycles. The highest BCUT2D eigenvalue weighted by Gasteiger charge is 2.21. The normalized spacial score (nSPS) is 17.0. The predicted molar refractivity (Wildman–Crippen MR) is 156 cm³/mol. The van der Waals surface area contributed by atoms with Gasteiger partial charge in [-0.15, -0.1) is 5.10 Å². The molecule has 0 bridgehead atoms. The first-order valence-electron chi connectivity index (χ1n) is 14.1. The van der Waals surface area contributed by atoms with E-state index < -0.39 is 10.1 Å². The summed E-state index contributed by atoms with van der Waals surface area (Å²) in [5, 5.41) is 15.3. The Morgan fingerprint density at radius 3 is 2.61 bits per heavy atom. The molecule has 2 aromatic heterocycles. The zero-order valence-corrected chi connectivity index (χ0v) is 24.3. The Kier molecular flexibility index (Phi) is 9.98. The smallest absolute Gasteiger partial charge is 0.264 e. The van der Waals surface area contributed by atoms with E-state index in [0.29, 0.717) is 44.7 Å². The van der Waals surface area contributed by atoms with Crippen LogP contribution in [0.25, 0.3) is 0 Å². The Morgan fingerprint density at radius 1 is 1.07 bits per heavy atom. The summed E-state index contributed by atoms with van der Waals surface area (Å²) >= 11 is 0. The molecule has 0 saturated carbocycles. The highest BCUT2D eigenvalue weighted by Crippen LogP contribution is 2.23. The number of morpholine rings is 1. The van der Waals surface area contributed by atoms with Gasteiger partial charge < -0.3 is 20.3 Å². The van der Waals surface area contributed by atoms with Gasteiger partial charge in [0.25, 0.3) is 10.1 Å². The number of nitrogens with one attached hydrogen (secondary N) is 2. The molecule has 2 N–H and O–H groups in total. The zero-order chi connectivity index (χ0) is 28.5. The topological polar surface area (TPSA) is 140 Å². The number of rotatable bonds is 13. The zero-order valence-electron chi connectivity index (χ0n) is 23.5. The van der Waals surface area contributed by atoms with E-state index in [9.17, 15) is 8.42 Å². The molecule has 1 aromatic carbocycles. The summed E-state index contributed by atoms with van der Waals surface area (Å²) < 4.78 is 34.2. The molecule has 2 fully saturated rings. The number of hydrogen-bond acceptors (Lipinski definition) is 12. The Labute approximate surface area is 241 Å². The van der Waals surface area contributed by atoms with Crippen molar-refractivity contribution >= 4 is 27.7 Å². The molecule has 0 unspecified atom stereocenters. The number of nitrogens with zero attached hydrogens (tertiary/aromatic N) is 7. The summed E-state index contributed by atoms with van der Waals surface area (Å²) in [6.07, 6.45) is 5.46. The van der Waals surface area contributed by atoms with E-state index in [0.717, 1.165) is 69.2 Å². The molecule has 0 aliphatic carbocycles. The molecular formula is C27H39N9O4S. The van der Waals surface area contributed by atoms with Gasteiger partial charge in [-0.1, -0.05) is 35.5 Å². The van der Waals surface area contributed by atoms with E-state index in [1.165, 1.54) is 5.56 Å². The van der Waals surface area contributed by atoms with Crippen molar-refractivity contribution in [2.75, 3.05) is 67.8 Å². The van der Waals surface area contributed by atoms with Crippen molar-refractivity contribution < 1.29 is 17.3 Å². The SMILES string of the molecule is CS(=O)(=O)OCCCn1cc(CNc2nc(NC3CCN(Cc4ccccc4)CC3)cc(N3CCOCC3)n2)nn1. The van der Waals surface area contributed by atoms with Crippen LogP contribution in [0.5, 0.6) is 0 Å². The van der Waals surface area contributed by atoms with Crippen molar-refractivity contribution in [3.8, 4) is 0 Å². The lowest BCUT2D eigenvalue weighted by molar-refractivity contribution is 0.122. The van der Waals surface area contributed by atoms with Crippen LogP contribution in [-0.2, 0) is 38.7 Å². The number of ether oxygens (including phenoxy) is 1. The van der Waals surface area contributed by atoms with Crippen molar-refractivity contribution in [1.82, 2.24) is 29.9 Å². The predicted octanol–water partition coefficient (Wildman–Crippen LogP) is 1.96. The van der Waals surface area contributed by atoms with Gasteiger partial charge in [0.1, 0.15) is 17.3 Å². The second-order valence-electron chi connectivity index (χ2n) is 10.4. The minimum Gasteiger partial charge on any atom is -0.378 e. The molecule has 0 spiro atoms. The van der Waals surface area contributed by atoms with Gasteiger partial charge in [-0.2, -0.15) is 18.4 Å². The summed E-state index contributed by atoms with van der Waals surface area (Å²) in [7, 11) is -3.44. The Morgan fingerprint density at radius 2 is 1.85 bits per heavy atom. The van der Waals surface area contributed by atoms with Gasteiger partial charge in [-0.25, -0.2) is 0 Å². The highest BCUT2D eigenvalue weighted by atomic mass is 32.2.